The summed E-state index contributed by atoms with van der Waals surface area (Å²) in [5.41, 5.74) is 3.02. The Hall–Kier alpha value is -1.31. The number of amides is 1. The molecule has 1 heterocycles. The van der Waals surface area contributed by atoms with Crippen molar-refractivity contribution in [3.63, 3.8) is 0 Å². The van der Waals surface area contributed by atoms with E-state index in [1.165, 1.54) is 0 Å². The van der Waals surface area contributed by atoms with E-state index in [9.17, 15) is 4.79 Å². The van der Waals surface area contributed by atoms with Crippen LogP contribution < -0.4 is 5.32 Å². The lowest BCUT2D eigenvalue weighted by Gasteiger charge is -2.10. The minimum absolute atomic E-state index is 0.0995. The van der Waals surface area contributed by atoms with Gasteiger partial charge in [0, 0.05) is 12.1 Å². The molecular weight excluding hydrogens is 174 g/mol. The topological polar surface area (TPSA) is 29.1 Å². The molecule has 0 bridgehead atoms. The van der Waals surface area contributed by atoms with Crippen molar-refractivity contribution in [1.82, 2.24) is 5.32 Å². The molecule has 1 N–H and O–H groups in total. The second-order valence-electron chi connectivity index (χ2n) is 3.56. The predicted octanol–water partition coefficient (Wildman–Crippen LogP) is 2.69. The standard InChI is InChI=1S/C12H17NO/c1-4-6-9(2)12-10(3)7-5-8-11(14)13-12/h4,6H,3,5,7-8H2,1-2H3,(H,13,14)/b6-4-,12-9+. The molecule has 1 rings (SSSR count). The summed E-state index contributed by atoms with van der Waals surface area (Å²) in [5.74, 6) is 0.0995. The van der Waals surface area contributed by atoms with Gasteiger partial charge in [0.15, 0.2) is 0 Å². The Labute approximate surface area is 85.4 Å². The van der Waals surface area contributed by atoms with Gasteiger partial charge in [0.2, 0.25) is 5.91 Å². The lowest BCUT2D eigenvalue weighted by Crippen LogP contribution is -2.21. The number of carbonyl (C=O) groups is 1. The molecule has 0 radical (unpaired) electrons. The molecule has 1 amide bonds. The third-order valence-electron chi connectivity index (χ3n) is 2.31. The summed E-state index contributed by atoms with van der Waals surface area (Å²) in [5, 5.41) is 2.90. The van der Waals surface area contributed by atoms with Crippen molar-refractivity contribution in [2.45, 2.75) is 33.1 Å². The Bertz CT molecular complexity index is 310. The fraction of sp³-hybridized carbons (Fsp3) is 0.417. The van der Waals surface area contributed by atoms with Gasteiger partial charge in [-0.1, -0.05) is 18.7 Å². The van der Waals surface area contributed by atoms with E-state index in [1.54, 1.807) is 0 Å². The molecule has 0 aliphatic carbocycles. The molecule has 1 aliphatic rings. The summed E-state index contributed by atoms with van der Waals surface area (Å²) in [4.78, 5) is 11.3. The zero-order chi connectivity index (χ0) is 10.6. The SMILES string of the molecule is C=C1CCCC(=O)N/C1=C(C)/C=C\C. The van der Waals surface area contributed by atoms with Gasteiger partial charge in [-0.2, -0.15) is 0 Å². The Morgan fingerprint density at radius 3 is 2.86 bits per heavy atom. The van der Waals surface area contributed by atoms with Crippen molar-refractivity contribution >= 4 is 5.91 Å². The van der Waals surface area contributed by atoms with Crippen molar-refractivity contribution < 1.29 is 4.79 Å². The van der Waals surface area contributed by atoms with E-state index in [0.29, 0.717) is 6.42 Å². The molecule has 1 saturated heterocycles. The van der Waals surface area contributed by atoms with E-state index in [1.807, 2.05) is 26.0 Å². The van der Waals surface area contributed by atoms with Crippen molar-refractivity contribution in [3.05, 3.63) is 35.6 Å². The van der Waals surface area contributed by atoms with Gasteiger partial charge in [0.25, 0.3) is 0 Å². The van der Waals surface area contributed by atoms with Crippen LogP contribution in [0.3, 0.4) is 0 Å². The largest absolute Gasteiger partial charge is 0.326 e. The van der Waals surface area contributed by atoms with Gasteiger partial charge >= 0.3 is 0 Å². The Balaban J connectivity index is 2.97. The van der Waals surface area contributed by atoms with Crippen molar-refractivity contribution in [2.24, 2.45) is 0 Å². The molecule has 0 spiro atoms. The first kappa shape index (κ1) is 10.8. The van der Waals surface area contributed by atoms with Gasteiger partial charge in [0.05, 0.1) is 0 Å². The summed E-state index contributed by atoms with van der Waals surface area (Å²) in [6.07, 6.45) is 6.37. The summed E-state index contributed by atoms with van der Waals surface area (Å²) >= 11 is 0. The molecule has 2 heteroatoms. The molecular formula is C12H17NO. The average molecular weight is 191 g/mol. The summed E-state index contributed by atoms with van der Waals surface area (Å²) < 4.78 is 0. The van der Waals surface area contributed by atoms with Crippen LogP contribution in [0, 0.1) is 0 Å². The van der Waals surface area contributed by atoms with Crippen LogP contribution >= 0.6 is 0 Å². The molecule has 1 aliphatic heterocycles. The molecule has 0 unspecified atom stereocenters. The fourth-order valence-electron chi connectivity index (χ4n) is 1.59. The van der Waals surface area contributed by atoms with Crippen LogP contribution in [0.5, 0.6) is 0 Å². The van der Waals surface area contributed by atoms with Crippen LogP contribution in [0.1, 0.15) is 33.1 Å². The smallest absolute Gasteiger partial charge is 0.224 e. The van der Waals surface area contributed by atoms with E-state index in [-0.39, 0.29) is 5.91 Å². The van der Waals surface area contributed by atoms with Crippen molar-refractivity contribution in [1.29, 1.82) is 0 Å². The monoisotopic (exact) mass is 191 g/mol. The zero-order valence-corrected chi connectivity index (χ0v) is 8.89. The molecule has 14 heavy (non-hydrogen) atoms. The number of hydrogen-bond acceptors (Lipinski definition) is 1. The number of carbonyl (C=O) groups excluding carboxylic acids is 1. The van der Waals surface area contributed by atoms with Gasteiger partial charge < -0.3 is 5.32 Å². The van der Waals surface area contributed by atoms with E-state index in [0.717, 1.165) is 29.7 Å². The highest BCUT2D eigenvalue weighted by atomic mass is 16.1. The Morgan fingerprint density at radius 2 is 2.21 bits per heavy atom. The van der Waals surface area contributed by atoms with Gasteiger partial charge in [-0.05, 0) is 37.8 Å². The molecule has 76 valence electrons. The Morgan fingerprint density at radius 1 is 1.50 bits per heavy atom. The maximum absolute atomic E-state index is 11.3. The number of nitrogens with one attached hydrogen (secondary N) is 1. The van der Waals surface area contributed by atoms with E-state index in [4.69, 9.17) is 0 Å². The molecule has 2 nitrogen and oxygen atoms in total. The maximum atomic E-state index is 11.3. The summed E-state index contributed by atoms with van der Waals surface area (Å²) in [7, 11) is 0. The van der Waals surface area contributed by atoms with Crippen molar-refractivity contribution in [3.8, 4) is 0 Å². The van der Waals surface area contributed by atoms with Gasteiger partial charge in [-0.25, -0.2) is 0 Å². The number of rotatable bonds is 1. The van der Waals surface area contributed by atoms with Crippen molar-refractivity contribution in [2.75, 3.05) is 0 Å². The summed E-state index contributed by atoms with van der Waals surface area (Å²) in [6, 6.07) is 0. The van der Waals surface area contributed by atoms with Crippen LogP contribution in [0.25, 0.3) is 0 Å². The van der Waals surface area contributed by atoms with Crippen LogP contribution in [0.15, 0.2) is 35.6 Å². The van der Waals surface area contributed by atoms with E-state index < -0.39 is 0 Å². The first-order valence-electron chi connectivity index (χ1n) is 4.96. The van der Waals surface area contributed by atoms with E-state index >= 15 is 0 Å². The van der Waals surface area contributed by atoms with Crippen LogP contribution in [-0.4, -0.2) is 5.91 Å². The number of hydrogen-bond donors (Lipinski definition) is 1. The van der Waals surface area contributed by atoms with E-state index in [2.05, 4.69) is 11.9 Å². The highest BCUT2D eigenvalue weighted by molar-refractivity contribution is 5.79. The molecule has 0 aromatic heterocycles. The molecule has 0 aromatic carbocycles. The molecule has 1 fully saturated rings. The molecule has 0 atom stereocenters. The van der Waals surface area contributed by atoms with Gasteiger partial charge in [-0.15, -0.1) is 0 Å². The maximum Gasteiger partial charge on any atom is 0.224 e. The quantitative estimate of drug-likeness (QED) is 0.678. The Kier molecular flexibility index (Phi) is 3.69. The second-order valence-corrected chi connectivity index (χ2v) is 3.56. The van der Waals surface area contributed by atoms with Crippen LogP contribution in [0.2, 0.25) is 0 Å². The lowest BCUT2D eigenvalue weighted by atomic mass is 10.1. The predicted molar refractivity (Wildman–Crippen MR) is 58.6 cm³/mol. The molecule has 0 saturated carbocycles. The normalized spacial score (nSPS) is 22.1. The first-order chi connectivity index (χ1) is 6.65. The lowest BCUT2D eigenvalue weighted by molar-refractivity contribution is -0.120. The minimum atomic E-state index is 0.0995. The second kappa shape index (κ2) is 4.80. The average Bonchev–Trinajstić information content (AvgIpc) is 2.29. The van der Waals surface area contributed by atoms with Gasteiger partial charge in [0.1, 0.15) is 0 Å². The number of allylic oxidation sites excluding steroid dienone is 4. The highest BCUT2D eigenvalue weighted by Gasteiger charge is 2.14. The molecule has 0 aromatic rings. The van der Waals surface area contributed by atoms with Crippen LogP contribution in [-0.2, 0) is 4.79 Å². The third kappa shape index (κ3) is 2.59. The first-order valence-corrected chi connectivity index (χ1v) is 4.96. The zero-order valence-electron chi connectivity index (χ0n) is 8.89. The fourth-order valence-corrected chi connectivity index (χ4v) is 1.59. The highest BCUT2D eigenvalue weighted by Crippen LogP contribution is 2.20. The van der Waals surface area contributed by atoms with Crippen LogP contribution in [0.4, 0.5) is 0 Å². The summed E-state index contributed by atoms with van der Waals surface area (Å²) in [6.45, 7) is 7.94. The third-order valence-corrected chi connectivity index (χ3v) is 2.31. The minimum Gasteiger partial charge on any atom is -0.326 e. The van der Waals surface area contributed by atoms with Gasteiger partial charge in [-0.3, -0.25) is 4.79 Å².